The zero-order valence-electron chi connectivity index (χ0n) is 9.51. The SMILES string of the molecule is CCNC(=O)CN(CC)CCSCC. The molecule has 1 N–H and O–H groups in total. The van der Waals surface area contributed by atoms with Gasteiger partial charge in [0.15, 0.2) is 0 Å². The summed E-state index contributed by atoms with van der Waals surface area (Å²) >= 11 is 1.92. The van der Waals surface area contributed by atoms with E-state index in [1.54, 1.807) is 0 Å². The first-order valence-corrected chi connectivity index (χ1v) is 6.46. The average molecular weight is 218 g/mol. The van der Waals surface area contributed by atoms with Crippen molar-refractivity contribution in [1.29, 1.82) is 0 Å². The Kier molecular flexibility index (Phi) is 9.19. The summed E-state index contributed by atoms with van der Waals surface area (Å²) in [5.41, 5.74) is 0. The van der Waals surface area contributed by atoms with Crippen LogP contribution in [0.3, 0.4) is 0 Å². The second kappa shape index (κ2) is 9.34. The topological polar surface area (TPSA) is 32.3 Å². The van der Waals surface area contributed by atoms with E-state index in [0.29, 0.717) is 6.54 Å². The van der Waals surface area contributed by atoms with Crippen molar-refractivity contribution in [3.63, 3.8) is 0 Å². The number of carbonyl (C=O) groups is 1. The predicted molar refractivity (Wildman–Crippen MR) is 63.8 cm³/mol. The Morgan fingerprint density at radius 2 is 2.07 bits per heavy atom. The third-order valence-electron chi connectivity index (χ3n) is 1.94. The molecule has 1 amide bonds. The first kappa shape index (κ1) is 13.8. The van der Waals surface area contributed by atoms with E-state index in [4.69, 9.17) is 0 Å². The van der Waals surface area contributed by atoms with Crippen LogP contribution in [0.4, 0.5) is 0 Å². The van der Waals surface area contributed by atoms with E-state index >= 15 is 0 Å². The van der Waals surface area contributed by atoms with Gasteiger partial charge in [-0.15, -0.1) is 0 Å². The molecule has 0 saturated carbocycles. The highest BCUT2D eigenvalue weighted by atomic mass is 32.2. The van der Waals surface area contributed by atoms with E-state index in [1.807, 2.05) is 18.7 Å². The number of thioether (sulfide) groups is 1. The minimum atomic E-state index is 0.135. The molecule has 0 saturated heterocycles. The third kappa shape index (κ3) is 7.21. The summed E-state index contributed by atoms with van der Waals surface area (Å²) in [5.74, 6) is 2.40. The van der Waals surface area contributed by atoms with Crippen LogP contribution in [-0.4, -0.2) is 48.5 Å². The highest BCUT2D eigenvalue weighted by Gasteiger charge is 2.06. The molecule has 0 heterocycles. The molecule has 0 atom stereocenters. The molecule has 4 heteroatoms. The summed E-state index contributed by atoms with van der Waals surface area (Å²) in [6.07, 6.45) is 0. The molecule has 0 aromatic rings. The molecule has 0 rings (SSSR count). The number of carbonyl (C=O) groups excluding carboxylic acids is 1. The molecule has 84 valence electrons. The summed E-state index contributed by atoms with van der Waals surface area (Å²) in [7, 11) is 0. The van der Waals surface area contributed by atoms with Crippen LogP contribution in [0.1, 0.15) is 20.8 Å². The number of nitrogens with zero attached hydrogens (tertiary/aromatic N) is 1. The zero-order chi connectivity index (χ0) is 10.8. The van der Waals surface area contributed by atoms with Gasteiger partial charge >= 0.3 is 0 Å². The maximum Gasteiger partial charge on any atom is 0.234 e. The van der Waals surface area contributed by atoms with Crippen molar-refractivity contribution in [3.8, 4) is 0 Å². The lowest BCUT2D eigenvalue weighted by atomic mass is 10.4. The molecule has 0 aromatic carbocycles. The normalized spacial score (nSPS) is 10.6. The Morgan fingerprint density at radius 3 is 2.57 bits per heavy atom. The second-order valence-corrected chi connectivity index (χ2v) is 4.41. The van der Waals surface area contributed by atoms with Gasteiger partial charge in [-0.1, -0.05) is 13.8 Å². The Morgan fingerprint density at radius 1 is 1.36 bits per heavy atom. The second-order valence-electron chi connectivity index (χ2n) is 3.02. The molecule has 0 radical (unpaired) electrons. The summed E-state index contributed by atoms with van der Waals surface area (Å²) in [6, 6.07) is 0. The molecule has 0 fully saturated rings. The van der Waals surface area contributed by atoms with Gasteiger partial charge in [-0.25, -0.2) is 0 Å². The smallest absolute Gasteiger partial charge is 0.234 e. The van der Waals surface area contributed by atoms with Crippen LogP contribution in [0.2, 0.25) is 0 Å². The van der Waals surface area contributed by atoms with Crippen molar-refractivity contribution >= 4 is 17.7 Å². The Labute approximate surface area is 91.6 Å². The fourth-order valence-electron chi connectivity index (χ4n) is 1.14. The minimum absolute atomic E-state index is 0.135. The highest BCUT2D eigenvalue weighted by molar-refractivity contribution is 7.99. The zero-order valence-corrected chi connectivity index (χ0v) is 10.3. The molecule has 0 aromatic heterocycles. The van der Waals surface area contributed by atoms with Crippen molar-refractivity contribution in [3.05, 3.63) is 0 Å². The molecular weight excluding hydrogens is 196 g/mol. The van der Waals surface area contributed by atoms with Crippen LogP contribution in [0.5, 0.6) is 0 Å². The van der Waals surface area contributed by atoms with Gasteiger partial charge in [0.1, 0.15) is 0 Å². The van der Waals surface area contributed by atoms with Crippen molar-refractivity contribution in [2.75, 3.05) is 37.7 Å². The van der Waals surface area contributed by atoms with E-state index in [0.717, 1.165) is 31.1 Å². The van der Waals surface area contributed by atoms with Gasteiger partial charge in [0.2, 0.25) is 5.91 Å². The summed E-state index contributed by atoms with van der Waals surface area (Å²) in [6.45, 7) is 9.41. The maximum absolute atomic E-state index is 11.3. The molecule has 0 aliphatic carbocycles. The standard InChI is InChI=1S/C10H22N2OS/c1-4-11-10(13)9-12(5-2)7-8-14-6-3/h4-9H2,1-3H3,(H,11,13). The molecule has 3 nitrogen and oxygen atoms in total. The monoisotopic (exact) mass is 218 g/mol. The van der Waals surface area contributed by atoms with Crippen molar-refractivity contribution in [1.82, 2.24) is 10.2 Å². The van der Waals surface area contributed by atoms with E-state index in [9.17, 15) is 4.79 Å². The van der Waals surface area contributed by atoms with Crippen LogP contribution in [0.15, 0.2) is 0 Å². The van der Waals surface area contributed by atoms with Gasteiger partial charge in [0.05, 0.1) is 6.54 Å². The lowest BCUT2D eigenvalue weighted by molar-refractivity contribution is -0.122. The Balaban J connectivity index is 3.61. The first-order chi connectivity index (χ1) is 6.74. The van der Waals surface area contributed by atoms with E-state index < -0.39 is 0 Å². The van der Waals surface area contributed by atoms with Gasteiger partial charge in [-0.05, 0) is 19.2 Å². The van der Waals surface area contributed by atoms with Crippen LogP contribution in [0, 0.1) is 0 Å². The van der Waals surface area contributed by atoms with Crippen LogP contribution in [0.25, 0.3) is 0 Å². The lowest BCUT2D eigenvalue weighted by Gasteiger charge is -2.19. The van der Waals surface area contributed by atoms with Crippen LogP contribution in [-0.2, 0) is 4.79 Å². The van der Waals surface area contributed by atoms with Gasteiger partial charge in [0, 0.05) is 18.8 Å². The first-order valence-electron chi connectivity index (χ1n) is 5.31. The van der Waals surface area contributed by atoms with E-state index in [2.05, 4.69) is 24.1 Å². The number of hydrogen-bond acceptors (Lipinski definition) is 3. The molecule has 0 spiro atoms. The van der Waals surface area contributed by atoms with E-state index in [1.165, 1.54) is 0 Å². The molecule has 0 aliphatic heterocycles. The summed E-state index contributed by atoms with van der Waals surface area (Å²) < 4.78 is 0. The van der Waals surface area contributed by atoms with Gasteiger partial charge in [-0.2, -0.15) is 11.8 Å². The maximum atomic E-state index is 11.3. The average Bonchev–Trinajstić information content (AvgIpc) is 2.17. The number of amides is 1. The largest absolute Gasteiger partial charge is 0.355 e. The molecule has 14 heavy (non-hydrogen) atoms. The quantitative estimate of drug-likeness (QED) is 0.621. The van der Waals surface area contributed by atoms with E-state index in [-0.39, 0.29) is 5.91 Å². The number of nitrogens with one attached hydrogen (secondary N) is 1. The predicted octanol–water partition coefficient (Wildman–Crippen LogP) is 1.20. The number of hydrogen-bond donors (Lipinski definition) is 1. The van der Waals surface area contributed by atoms with Gasteiger partial charge in [0.25, 0.3) is 0 Å². The van der Waals surface area contributed by atoms with Crippen molar-refractivity contribution < 1.29 is 4.79 Å². The summed E-state index contributed by atoms with van der Waals surface area (Å²) in [4.78, 5) is 13.5. The highest BCUT2D eigenvalue weighted by Crippen LogP contribution is 1.99. The number of likely N-dealkylation sites (N-methyl/N-ethyl adjacent to an activating group) is 2. The summed E-state index contributed by atoms with van der Waals surface area (Å²) in [5, 5.41) is 2.81. The Hall–Kier alpha value is -0.220. The number of rotatable bonds is 8. The van der Waals surface area contributed by atoms with Crippen molar-refractivity contribution in [2.24, 2.45) is 0 Å². The van der Waals surface area contributed by atoms with Crippen LogP contribution >= 0.6 is 11.8 Å². The molecule has 0 unspecified atom stereocenters. The Bertz CT molecular complexity index is 153. The lowest BCUT2D eigenvalue weighted by Crippen LogP contribution is -2.38. The fraction of sp³-hybridized carbons (Fsp3) is 0.900. The molecular formula is C10H22N2OS. The van der Waals surface area contributed by atoms with Crippen LogP contribution < -0.4 is 5.32 Å². The third-order valence-corrected chi connectivity index (χ3v) is 2.82. The minimum Gasteiger partial charge on any atom is -0.355 e. The van der Waals surface area contributed by atoms with Crippen molar-refractivity contribution in [2.45, 2.75) is 20.8 Å². The fourth-order valence-corrected chi connectivity index (χ4v) is 1.82. The van der Waals surface area contributed by atoms with Gasteiger partial charge in [-0.3, -0.25) is 9.69 Å². The van der Waals surface area contributed by atoms with Gasteiger partial charge < -0.3 is 5.32 Å². The molecule has 0 bridgehead atoms. The molecule has 0 aliphatic rings.